The summed E-state index contributed by atoms with van der Waals surface area (Å²) in [5.74, 6) is 0.344. The largest absolute Gasteiger partial charge is 0.346 e. The first kappa shape index (κ1) is 10.0. The quantitative estimate of drug-likeness (QED) is 0.527. The number of hydrogen-bond acceptors (Lipinski definition) is 4. The van der Waals surface area contributed by atoms with E-state index < -0.39 is 0 Å². The summed E-state index contributed by atoms with van der Waals surface area (Å²) in [4.78, 5) is 27.5. The summed E-state index contributed by atoms with van der Waals surface area (Å²) in [6, 6.07) is 5.32. The highest BCUT2D eigenvalue weighted by molar-refractivity contribution is 5.80. The van der Waals surface area contributed by atoms with Gasteiger partial charge >= 0.3 is 0 Å². The summed E-state index contributed by atoms with van der Waals surface area (Å²) < 4.78 is 1.28. The number of rotatable bonds is 1. The zero-order valence-corrected chi connectivity index (χ0v) is 9.66. The molecule has 0 amide bonds. The van der Waals surface area contributed by atoms with Gasteiger partial charge in [-0.15, -0.1) is 0 Å². The van der Waals surface area contributed by atoms with Crippen molar-refractivity contribution >= 4 is 16.8 Å². The van der Waals surface area contributed by atoms with E-state index in [4.69, 9.17) is 0 Å². The normalized spacial score (nSPS) is 11.4. The zero-order chi connectivity index (χ0) is 12.8. The Bertz CT molecular complexity index is 947. The molecule has 0 spiro atoms. The van der Waals surface area contributed by atoms with Crippen LogP contribution in [0, 0.1) is 0 Å². The molecule has 19 heavy (non-hydrogen) atoms. The van der Waals surface area contributed by atoms with Gasteiger partial charge < -0.3 is 4.98 Å². The van der Waals surface area contributed by atoms with Crippen molar-refractivity contribution in [2.45, 2.75) is 0 Å². The van der Waals surface area contributed by atoms with Crippen molar-refractivity contribution in [1.82, 2.24) is 29.5 Å². The molecule has 0 radical (unpaired) electrons. The minimum atomic E-state index is -0.202. The van der Waals surface area contributed by atoms with Crippen LogP contribution in [0.4, 0.5) is 0 Å². The molecule has 0 aromatic carbocycles. The van der Waals surface area contributed by atoms with E-state index in [-0.39, 0.29) is 5.56 Å². The molecular formula is C12H8N6O. The lowest BCUT2D eigenvalue weighted by atomic mass is 10.2. The zero-order valence-electron chi connectivity index (χ0n) is 9.66. The predicted octanol–water partition coefficient (Wildman–Crippen LogP) is 0.961. The second-order valence-electron chi connectivity index (χ2n) is 4.14. The first-order chi connectivity index (χ1) is 9.31. The van der Waals surface area contributed by atoms with Crippen molar-refractivity contribution in [3.8, 4) is 11.3 Å². The molecule has 0 aliphatic carbocycles. The van der Waals surface area contributed by atoms with E-state index >= 15 is 0 Å². The van der Waals surface area contributed by atoms with E-state index in [0.717, 1.165) is 16.6 Å². The first-order valence-electron chi connectivity index (χ1n) is 5.68. The molecular weight excluding hydrogens is 244 g/mol. The monoisotopic (exact) mass is 252 g/mol. The Kier molecular flexibility index (Phi) is 1.85. The van der Waals surface area contributed by atoms with E-state index in [2.05, 4.69) is 25.0 Å². The maximum atomic E-state index is 11.9. The highest BCUT2D eigenvalue weighted by atomic mass is 16.1. The molecule has 7 nitrogen and oxygen atoms in total. The maximum absolute atomic E-state index is 11.9. The van der Waals surface area contributed by atoms with Gasteiger partial charge in [-0.1, -0.05) is 0 Å². The number of pyridine rings is 1. The lowest BCUT2D eigenvalue weighted by Gasteiger charge is -2.00. The van der Waals surface area contributed by atoms with E-state index in [9.17, 15) is 4.79 Å². The molecule has 4 rings (SSSR count). The van der Waals surface area contributed by atoms with Gasteiger partial charge in [0.2, 0.25) is 0 Å². The highest BCUT2D eigenvalue weighted by Gasteiger charge is 2.07. The van der Waals surface area contributed by atoms with Crippen LogP contribution >= 0.6 is 0 Å². The Labute approximate surface area is 106 Å². The van der Waals surface area contributed by atoms with Crippen LogP contribution in [0.2, 0.25) is 0 Å². The van der Waals surface area contributed by atoms with Crippen molar-refractivity contribution in [3.63, 3.8) is 0 Å². The molecule has 0 aliphatic heterocycles. The summed E-state index contributed by atoms with van der Waals surface area (Å²) >= 11 is 0. The molecule has 2 N–H and O–H groups in total. The smallest absolute Gasteiger partial charge is 0.274 e. The molecule has 0 atom stereocenters. The summed E-state index contributed by atoms with van der Waals surface area (Å²) in [6.45, 7) is 0. The molecule has 0 saturated carbocycles. The second kappa shape index (κ2) is 3.52. The Hall–Kier alpha value is -2.96. The maximum Gasteiger partial charge on any atom is 0.274 e. The van der Waals surface area contributed by atoms with Gasteiger partial charge in [0.25, 0.3) is 11.3 Å². The van der Waals surface area contributed by atoms with Crippen molar-refractivity contribution in [3.05, 3.63) is 47.3 Å². The summed E-state index contributed by atoms with van der Waals surface area (Å²) in [5, 5.41) is 3.68. The van der Waals surface area contributed by atoms with E-state index in [1.165, 1.54) is 16.9 Å². The van der Waals surface area contributed by atoms with Gasteiger partial charge in [-0.05, 0) is 12.1 Å². The van der Waals surface area contributed by atoms with E-state index in [0.29, 0.717) is 11.5 Å². The van der Waals surface area contributed by atoms with Crippen LogP contribution in [0.25, 0.3) is 28.1 Å². The number of fused-ring (bicyclic) bond motifs is 2. The number of aromatic amines is 2. The third-order valence-corrected chi connectivity index (χ3v) is 2.96. The first-order valence-corrected chi connectivity index (χ1v) is 5.68. The SMILES string of the molecule is O=c1cc(-c2cnc3[nH]ccc3c2)nc2nc[nH]n12. The summed E-state index contributed by atoms with van der Waals surface area (Å²) in [6.07, 6.45) is 4.94. The third kappa shape index (κ3) is 1.45. The second-order valence-corrected chi connectivity index (χ2v) is 4.14. The fraction of sp³-hybridized carbons (Fsp3) is 0. The Morgan fingerprint density at radius 3 is 3.11 bits per heavy atom. The minimum absolute atomic E-state index is 0.202. The van der Waals surface area contributed by atoms with E-state index in [1.807, 2.05) is 18.3 Å². The number of nitrogens with one attached hydrogen (secondary N) is 2. The standard InChI is InChI=1S/C12H8N6O/c19-10-4-9(17-12-15-6-16-18(10)12)8-3-7-1-2-13-11(7)14-5-8/h1-6H,(H,13,14)(H,15,16,17). The lowest BCUT2D eigenvalue weighted by molar-refractivity contribution is 0.900. The minimum Gasteiger partial charge on any atom is -0.346 e. The molecule has 0 bridgehead atoms. The molecule has 7 heteroatoms. The molecule has 4 aromatic heterocycles. The number of hydrogen-bond donors (Lipinski definition) is 2. The van der Waals surface area contributed by atoms with Crippen LogP contribution in [0.1, 0.15) is 0 Å². The predicted molar refractivity (Wildman–Crippen MR) is 68.7 cm³/mol. The summed E-state index contributed by atoms with van der Waals surface area (Å²) in [5.41, 5.74) is 1.95. The number of H-pyrrole nitrogens is 2. The third-order valence-electron chi connectivity index (χ3n) is 2.96. The molecule has 0 aliphatic rings. The topological polar surface area (TPSA) is 91.7 Å². The average molecular weight is 252 g/mol. The molecule has 4 heterocycles. The number of aromatic nitrogens is 6. The van der Waals surface area contributed by atoms with Gasteiger partial charge in [0.05, 0.1) is 5.69 Å². The van der Waals surface area contributed by atoms with Gasteiger partial charge in [-0.2, -0.15) is 4.52 Å². The van der Waals surface area contributed by atoms with Crippen LogP contribution in [0.5, 0.6) is 0 Å². The fourth-order valence-corrected chi connectivity index (χ4v) is 2.05. The van der Waals surface area contributed by atoms with Crippen LogP contribution in [0.15, 0.2) is 41.7 Å². The van der Waals surface area contributed by atoms with Crippen molar-refractivity contribution in [2.24, 2.45) is 0 Å². The number of nitrogens with zero attached hydrogens (tertiary/aromatic N) is 4. The highest BCUT2D eigenvalue weighted by Crippen LogP contribution is 2.19. The molecule has 92 valence electrons. The average Bonchev–Trinajstić information content (AvgIpc) is 3.06. The Morgan fingerprint density at radius 1 is 1.21 bits per heavy atom. The molecule has 0 fully saturated rings. The fourth-order valence-electron chi connectivity index (χ4n) is 2.05. The Morgan fingerprint density at radius 2 is 2.16 bits per heavy atom. The Balaban J connectivity index is 1.99. The molecule has 0 saturated heterocycles. The van der Waals surface area contributed by atoms with Crippen LogP contribution < -0.4 is 5.56 Å². The van der Waals surface area contributed by atoms with Crippen LogP contribution in [0.3, 0.4) is 0 Å². The van der Waals surface area contributed by atoms with Gasteiger partial charge in [0.1, 0.15) is 12.0 Å². The van der Waals surface area contributed by atoms with Crippen LogP contribution in [-0.2, 0) is 0 Å². The lowest BCUT2D eigenvalue weighted by Crippen LogP contribution is -2.14. The van der Waals surface area contributed by atoms with Crippen molar-refractivity contribution in [1.29, 1.82) is 0 Å². The molecule has 0 unspecified atom stereocenters. The van der Waals surface area contributed by atoms with Gasteiger partial charge in [0, 0.05) is 29.4 Å². The van der Waals surface area contributed by atoms with Gasteiger partial charge in [-0.25, -0.2) is 15.0 Å². The van der Waals surface area contributed by atoms with Crippen molar-refractivity contribution < 1.29 is 0 Å². The van der Waals surface area contributed by atoms with Gasteiger partial charge in [-0.3, -0.25) is 9.89 Å². The van der Waals surface area contributed by atoms with Crippen LogP contribution in [-0.4, -0.2) is 29.5 Å². The van der Waals surface area contributed by atoms with Crippen molar-refractivity contribution in [2.75, 3.05) is 0 Å². The van der Waals surface area contributed by atoms with Gasteiger partial charge in [0.15, 0.2) is 0 Å². The molecule has 4 aromatic rings. The summed E-state index contributed by atoms with van der Waals surface area (Å²) in [7, 11) is 0. The van der Waals surface area contributed by atoms with E-state index in [1.54, 1.807) is 6.20 Å².